The van der Waals surface area contributed by atoms with Crippen LogP contribution in [0.5, 0.6) is 0 Å². The summed E-state index contributed by atoms with van der Waals surface area (Å²) in [6.45, 7) is 8.15. The Morgan fingerprint density at radius 2 is 1.95 bits per heavy atom. The normalized spacial score (nSPS) is 17.5. The van der Waals surface area contributed by atoms with Crippen LogP contribution in [0.2, 0.25) is 0 Å². The average molecular weight is 332 g/mol. The quantitative estimate of drug-likeness (QED) is 0.839. The molecule has 0 unspecified atom stereocenters. The van der Waals surface area contributed by atoms with E-state index in [-0.39, 0.29) is 0 Å². The third-order valence-corrected chi connectivity index (χ3v) is 6.37. The zero-order valence-corrected chi connectivity index (χ0v) is 14.6. The van der Waals surface area contributed by atoms with Gasteiger partial charge >= 0.3 is 0 Å². The first kappa shape index (κ1) is 16.9. The lowest BCUT2D eigenvalue weighted by Gasteiger charge is -2.26. The van der Waals surface area contributed by atoms with Crippen molar-refractivity contribution >= 4 is 21.4 Å². The van der Waals surface area contributed by atoms with Gasteiger partial charge in [0.05, 0.1) is 0 Å². The van der Waals surface area contributed by atoms with E-state index in [4.69, 9.17) is 0 Å². The van der Waals surface area contributed by atoms with Gasteiger partial charge in [-0.05, 0) is 30.7 Å². The van der Waals surface area contributed by atoms with E-state index in [1.54, 1.807) is 0 Å². The number of rotatable bonds is 6. The van der Waals surface area contributed by atoms with Gasteiger partial charge < -0.3 is 5.32 Å². The Bertz CT molecular complexity index is 561. The van der Waals surface area contributed by atoms with Crippen LogP contribution in [0.1, 0.15) is 43.6 Å². The van der Waals surface area contributed by atoms with Crippen molar-refractivity contribution in [1.29, 1.82) is 0 Å². The molecule has 2 N–H and O–H groups in total. The van der Waals surface area contributed by atoms with Crippen LogP contribution >= 0.6 is 11.3 Å². The predicted octanol–water partition coefficient (Wildman–Crippen LogP) is 2.23. The van der Waals surface area contributed by atoms with Crippen LogP contribution in [-0.4, -0.2) is 32.6 Å². The van der Waals surface area contributed by atoms with Gasteiger partial charge in [0.1, 0.15) is 4.90 Å². The van der Waals surface area contributed by atoms with Crippen molar-refractivity contribution in [1.82, 2.24) is 15.2 Å². The molecule has 1 aromatic heterocycles. The molecule has 7 heteroatoms. The van der Waals surface area contributed by atoms with Gasteiger partial charge in [0.2, 0.25) is 0 Å². The summed E-state index contributed by atoms with van der Waals surface area (Å²) in [6, 6.07) is 0.331. The monoisotopic (exact) mass is 331 g/mol. The molecule has 2 rings (SSSR count). The van der Waals surface area contributed by atoms with Gasteiger partial charge in [-0.3, -0.25) is 0 Å². The molecule has 2 heterocycles. The molecule has 1 aliphatic heterocycles. The number of nitrogens with zero attached hydrogens (tertiary/aromatic N) is 1. The molecule has 0 saturated carbocycles. The second-order valence-corrected chi connectivity index (χ2v) is 8.41. The first-order valence-corrected chi connectivity index (χ1v) is 9.84. The minimum Gasteiger partial charge on any atom is -0.310 e. The largest absolute Gasteiger partial charge is 0.310 e. The Kier molecular flexibility index (Phi) is 5.79. The zero-order valence-electron chi connectivity index (χ0n) is 13.0. The number of thiophene rings is 1. The van der Waals surface area contributed by atoms with Crippen LogP contribution in [0.4, 0.5) is 0 Å². The van der Waals surface area contributed by atoms with Crippen molar-refractivity contribution in [2.24, 2.45) is 0 Å². The fourth-order valence-electron chi connectivity index (χ4n) is 2.47. The fraction of sp³-hybridized carbons (Fsp3) is 0.714. The van der Waals surface area contributed by atoms with E-state index in [9.17, 15) is 8.42 Å². The first-order valence-electron chi connectivity index (χ1n) is 7.48. The van der Waals surface area contributed by atoms with Crippen molar-refractivity contribution in [2.45, 2.75) is 57.5 Å². The molecule has 5 nitrogen and oxygen atoms in total. The summed E-state index contributed by atoms with van der Waals surface area (Å²) in [4.78, 5) is 4.08. The molecule has 1 fully saturated rings. The van der Waals surface area contributed by atoms with Gasteiger partial charge in [-0.1, -0.05) is 20.3 Å². The molecule has 0 aromatic carbocycles. The number of hydrogen-bond acceptors (Lipinski definition) is 5. The van der Waals surface area contributed by atoms with Crippen LogP contribution in [-0.2, 0) is 16.6 Å². The standard InChI is InChI=1S/C14H25N3O2S2/c1-11(2)15-9-13-14(12(3)10-20-13)21(18,19)16-17-7-5-4-6-8-17/h10-11,15-16H,4-9H2,1-3H3. The summed E-state index contributed by atoms with van der Waals surface area (Å²) in [5.41, 5.74) is 0.824. The molecule has 0 amide bonds. The van der Waals surface area contributed by atoms with Crippen molar-refractivity contribution in [2.75, 3.05) is 13.1 Å². The van der Waals surface area contributed by atoms with Crippen LogP contribution in [0.15, 0.2) is 10.3 Å². The zero-order chi connectivity index (χ0) is 15.5. The van der Waals surface area contributed by atoms with Crippen molar-refractivity contribution in [3.05, 3.63) is 15.8 Å². The molecule has 0 bridgehead atoms. The van der Waals surface area contributed by atoms with Crippen molar-refractivity contribution in [3.63, 3.8) is 0 Å². The molecular formula is C14H25N3O2S2. The Morgan fingerprint density at radius 3 is 2.57 bits per heavy atom. The molecule has 0 radical (unpaired) electrons. The topological polar surface area (TPSA) is 61.4 Å². The van der Waals surface area contributed by atoms with Gasteiger partial charge in [-0.2, -0.15) is 0 Å². The van der Waals surface area contributed by atoms with E-state index < -0.39 is 10.0 Å². The third kappa shape index (κ3) is 4.50. The van der Waals surface area contributed by atoms with Gasteiger partial charge in [-0.15, -0.1) is 16.2 Å². The average Bonchev–Trinajstić information content (AvgIpc) is 2.79. The second-order valence-electron chi connectivity index (χ2n) is 5.85. The highest BCUT2D eigenvalue weighted by molar-refractivity contribution is 7.89. The Morgan fingerprint density at radius 1 is 1.29 bits per heavy atom. The molecule has 1 aliphatic rings. The van der Waals surface area contributed by atoms with E-state index >= 15 is 0 Å². The highest BCUT2D eigenvalue weighted by Crippen LogP contribution is 2.27. The second kappa shape index (κ2) is 7.19. The van der Waals surface area contributed by atoms with E-state index in [1.807, 2.05) is 17.3 Å². The number of sulfonamides is 1. The summed E-state index contributed by atoms with van der Waals surface area (Å²) in [5, 5.41) is 7.04. The third-order valence-electron chi connectivity index (χ3n) is 3.53. The highest BCUT2D eigenvalue weighted by Gasteiger charge is 2.25. The first-order chi connectivity index (χ1) is 9.90. The van der Waals surface area contributed by atoms with Crippen LogP contribution in [0.3, 0.4) is 0 Å². The minimum atomic E-state index is -3.48. The van der Waals surface area contributed by atoms with E-state index in [1.165, 1.54) is 17.8 Å². The Balaban J connectivity index is 2.16. The molecular weight excluding hydrogens is 306 g/mol. The highest BCUT2D eigenvalue weighted by atomic mass is 32.2. The summed E-state index contributed by atoms with van der Waals surface area (Å²) >= 11 is 1.51. The summed E-state index contributed by atoms with van der Waals surface area (Å²) in [5.74, 6) is 0. The summed E-state index contributed by atoms with van der Waals surface area (Å²) in [7, 11) is -3.48. The number of aryl methyl sites for hydroxylation is 1. The lowest BCUT2D eigenvalue weighted by Crippen LogP contribution is -2.45. The SMILES string of the molecule is Cc1csc(CNC(C)C)c1S(=O)(=O)NN1CCCCC1. The number of piperidine rings is 1. The van der Waals surface area contributed by atoms with Gasteiger partial charge in [0.25, 0.3) is 10.0 Å². The Labute approximate surface area is 131 Å². The minimum absolute atomic E-state index is 0.331. The van der Waals surface area contributed by atoms with Gasteiger partial charge in [0, 0.05) is 30.6 Å². The van der Waals surface area contributed by atoms with Crippen LogP contribution in [0.25, 0.3) is 0 Å². The van der Waals surface area contributed by atoms with Crippen molar-refractivity contribution < 1.29 is 8.42 Å². The molecule has 0 spiro atoms. The Hall–Kier alpha value is -0.470. The molecule has 1 saturated heterocycles. The van der Waals surface area contributed by atoms with Gasteiger partial charge in [-0.25, -0.2) is 13.4 Å². The van der Waals surface area contributed by atoms with Gasteiger partial charge in [0.15, 0.2) is 0 Å². The molecule has 120 valence electrons. The summed E-state index contributed by atoms with van der Waals surface area (Å²) < 4.78 is 25.3. The van der Waals surface area contributed by atoms with E-state index in [0.717, 1.165) is 36.4 Å². The maximum Gasteiger partial charge on any atom is 0.254 e. The fourth-order valence-corrected chi connectivity index (χ4v) is 5.36. The lowest BCUT2D eigenvalue weighted by molar-refractivity contribution is 0.200. The molecule has 0 aliphatic carbocycles. The smallest absolute Gasteiger partial charge is 0.254 e. The number of nitrogens with one attached hydrogen (secondary N) is 2. The molecule has 21 heavy (non-hydrogen) atoms. The summed E-state index contributed by atoms with van der Waals surface area (Å²) in [6.07, 6.45) is 3.28. The lowest BCUT2D eigenvalue weighted by atomic mass is 10.2. The maximum absolute atomic E-state index is 12.7. The van der Waals surface area contributed by atoms with Crippen LogP contribution in [0, 0.1) is 6.92 Å². The predicted molar refractivity (Wildman–Crippen MR) is 86.8 cm³/mol. The van der Waals surface area contributed by atoms with Crippen LogP contribution < -0.4 is 10.1 Å². The molecule has 1 aromatic rings. The molecule has 0 atom stereocenters. The maximum atomic E-state index is 12.7. The number of hydrogen-bond donors (Lipinski definition) is 2. The van der Waals surface area contributed by atoms with Crippen molar-refractivity contribution in [3.8, 4) is 0 Å². The van der Waals surface area contributed by atoms with E-state index in [0.29, 0.717) is 17.5 Å². The number of hydrazine groups is 1. The van der Waals surface area contributed by atoms with E-state index in [2.05, 4.69) is 24.0 Å².